The van der Waals surface area contributed by atoms with Gasteiger partial charge in [-0.25, -0.2) is 9.13 Å². The van der Waals surface area contributed by atoms with Gasteiger partial charge in [0.1, 0.15) is 19.3 Å². The smallest absolute Gasteiger partial charge is 0.462 e. The Kier molecular flexibility index (Phi) is 71.2. The van der Waals surface area contributed by atoms with E-state index >= 15 is 0 Å². The molecule has 0 rings (SSSR count). The van der Waals surface area contributed by atoms with Crippen molar-refractivity contribution in [2.45, 2.75) is 445 Å². The molecular weight excluding hydrogens is 1310 g/mol. The first-order chi connectivity index (χ1) is 48.4. The first kappa shape index (κ1) is 98.1. The number of rotatable bonds is 80. The van der Waals surface area contributed by atoms with Gasteiger partial charge < -0.3 is 33.8 Å². The molecule has 19 heteroatoms. The van der Waals surface area contributed by atoms with Crippen LogP contribution in [0.3, 0.4) is 0 Å². The summed E-state index contributed by atoms with van der Waals surface area (Å²) in [5.41, 5.74) is 0. The second-order valence-corrected chi connectivity index (χ2v) is 33.0. The van der Waals surface area contributed by atoms with Crippen LogP contribution < -0.4 is 0 Å². The highest BCUT2D eigenvalue weighted by Crippen LogP contribution is 2.45. The summed E-state index contributed by atoms with van der Waals surface area (Å²) in [5.74, 6) is -0.560. The Morgan fingerprint density at radius 1 is 0.270 bits per heavy atom. The van der Waals surface area contributed by atoms with Gasteiger partial charge >= 0.3 is 39.5 Å². The fourth-order valence-electron chi connectivity index (χ4n) is 12.5. The summed E-state index contributed by atoms with van der Waals surface area (Å²) in [4.78, 5) is 73.1. The van der Waals surface area contributed by atoms with E-state index in [2.05, 4.69) is 41.5 Å². The third-order valence-corrected chi connectivity index (χ3v) is 20.9. The highest BCUT2D eigenvalue weighted by Gasteiger charge is 2.30. The molecule has 0 aromatic carbocycles. The van der Waals surface area contributed by atoms with Crippen LogP contribution >= 0.6 is 15.6 Å². The van der Waals surface area contributed by atoms with E-state index < -0.39 is 97.5 Å². The Bertz CT molecular complexity index is 1920. The van der Waals surface area contributed by atoms with Crippen molar-refractivity contribution in [2.75, 3.05) is 39.6 Å². The van der Waals surface area contributed by atoms with Gasteiger partial charge in [0.25, 0.3) is 0 Å². The standard InChI is InChI=1S/C81H158O17P2/c1-7-9-11-13-15-17-19-21-22-23-26-30-33-39-45-51-57-63-78(83)91-69-76(97-81(86)66-60-54-48-41-35-31-27-24-25-29-32-37-43-49-55-61-73(3)4)71-95-99(87,88)93-67-75(82)68-94-100(89,90)96-72-77(70-92-79(84)64-58-52-46-42-36-38-44-50-56-62-74(5)6)98-80(85)65-59-53-47-40-34-28-20-18-16-14-12-10-8-2/h73-77,82H,7-72H2,1-6H3,(H,87,88)(H,89,90)/t75-,76-,77-/m1/s1. The first-order valence-electron chi connectivity index (χ1n) is 42.0. The monoisotopic (exact) mass is 1470 g/mol. The quantitative estimate of drug-likeness (QED) is 0.0222. The zero-order valence-electron chi connectivity index (χ0n) is 65.5. The Hall–Kier alpha value is -1.94. The molecule has 0 heterocycles. The molecule has 0 saturated heterocycles. The number of aliphatic hydroxyl groups excluding tert-OH is 1. The molecule has 2 unspecified atom stereocenters. The molecule has 0 radical (unpaired) electrons. The van der Waals surface area contributed by atoms with Gasteiger partial charge in [-0.05, 0) is 37.5 Å². The Balaban J connectivity index is 5.25. The lowest BCUT2D eigenvalue weighted by atomic mass is 10.0. The molecule has 0 aliphatic rings. The number of esters is 4. The van der Waals surface area contributed by atoms with Gasteiger partial charge in [0.05, 0.1) is 26.4 Å². The number of ether oxygens (including phenoxy) is 4. The van der Waals surface area contributed by atoms with Crippen molar-refractivity contribution >= 4 is 39.5 Å². The van der Waals surface area contributed by atoms with E-state index in [0.29, 0.717) is 25.7 Å². The van der Waals surface area contributed by atoms with E-state index in [9.17, 15) is 43.2 Å². The number of unbranched alkanes of at least 4 members (excludes halogenated alkanes) is 50. The maximum absolute atomic E-state index is 13.1. The van der Waals surface area contributed by atoms with Gasteiger partial charge in [-0.2, -0.15) is 0 Å². The van der Waals surface area contributed by atoms with Crippen molar-refractivity contribution in [3.8, 4) is 0 Å². The molecular formula is C81H158O17P2. The summed E-state index contributed by atoms with van der Waals surface area (Å²) in [6.45, 7) is 9.65. The van der Waals surface area contributed by atoms with E-state index in [-0.39, 0.29) is 25.7 Å². The summed E-state index contributed by atoms with van der Waals surface area (Å²) in [5, 5.41) is 10.6. The third-order valence-electron chi connectivity index (χ3n) is 19.0. The molecule has 3 N–H and O–H groups in total. The Labute approximate surface area is 613 Å². The summed E-state index contributed by atoms with van der Waals surface area (Å²) < 4.78 is 68.7. The second kappa shape index (κ2) is 72.6. The average Bonchev–Trinajstić information content (AvgIpc) is 1.01. The highest BCUT2D eigenvalue weighted by atomic mass is 31.2. The topological polar surface area (TPSA) is 237 Å². The van der Waals surface area contributed by atoms with Crippen molar-refractivity contribution in [1.29, 1.82) is 0 Å². The fraction of sp³-hybridized carbons (Fsp3) is 0.951. The minimum Gasteiger partial charge on any atom is -0.462 e. The molecule has 0 saturated carbocycles. The maximum atomic E-state index is 13.1. The lowest BCUT2D eigenvalue weighted by Crippen LogP contribution is -2.30. The van der Waals surface area contributed by atoms with Gasteiger partial charge in [0.2, 0.25) is 0 Å². The molecule has 0 aromatic rings. The van der Waals surface area contributed by atoms with Gasteiger partial charge in [0.15, 0.2) is 12.2 Å². The molecule has 0 spiro atoms. The minimum atomic E-state index is -4.96. The summed E-state index contributed by atoms with van der Waals surface area (Å²) in [6.07, 6.45) is 62.3. The van der Waals surface area contributed by atoms with E-state index in [0.717, 1.165) is 102 Å². The second-order valence-electron chi connectivity index (χ2n) is 30.1. The van der Waals surface area contributed by atoms with Gasteiger partial charge in [-0.15, -0.1) is 0 Å². The third kappa shape index (κ3) is 74.3. The van der Waals surface area contributed by atoms with E-state index in [4.69, 9.17) is 37.0 Å². The van der Waals surface area contributed by atoms with Crippen LogP contribution in [0.25, 0.3) is 0 Å². The van der Waals surface area contributed by atoms with Crippen molar-refractivity contribution in [1.82, 2.24) is 0 Å². The number of phosphoric acid groups is 2. The number of carbonyl (C=O) groups excluding carboxylic acids is 4. The summed E-state index contributed by atoms with van der Waals surface area (Å²) in [7, 11) is -9.92. The van der Waals surface area contributed by atoms with Crippen LogP contribution in [-0.2, 0) is 65.4 Å². The predicted molar refractivity (Wildman–Crippen MR) is 409 cm³/mol. The van der Waals surface area contributed by atoms with E-state index in [1.54, 1.807) is 0 Å². The van der Waals surface area contributed by atoms with E-state index in [1.165, 1.54) is 244 Å². The molecule has 5 atom stereocenters. The lowest BCUT2D eigenvalue weighted by Gasteiger charge is -2.21. The summed E-state index contributed by atoms with van der Waals surface area (Å²) >= 11 is 0. The molecule has 0 fully saturated rings. The number of phosphoric ester groups is 2. The Morgan fingerprint density at radius 2 is 0.460 bits per heavy atom. The average molecular weight is 1470 g/mol. The van der Waals surface area contributed by atoms with Crippen LogP contribution in [-0.4, -0.2) is 96.7 Å². The van der Waals surface area contributed by atoms with Crippen LogP contribution in [0.2, 0.25) is 0 Å². The zero-order chi connectivity index (χ0) is 73.5. The number of hydrogen-bond donors (Lipinski definition) is 3. The van der Waals surface area contributed by atoms with Crippen LogP contribution in [0.1, 0.15) is 427 Å². The molecule has 0 bridgehead atoms. The SMILES string of the molecule is CCCCCCCCCCCCCCCCCCCC(=O)OC[C@H](COP(=O)(O)OC[C@@H](O)COP(=O)(O)OC[C@@H](COC(=O)CCCCCCCCCCCC(C)C)OC(=O)CCCCCCCCCCCCCCC)OC(=O)CCCCCCCCCCCCCCCCCC(C)C. The fourth-order valence-corrected chi connectivity index (χ4v) is 14.1. The number of aliphatic hydroxyl groups is 1. The Morgan fingerprint density at radius 3 is 0.680 bits per heavy atom. The zero-order valence-corrected chi connectivity index (χ0v) is 67.3. The largest absolute Gasteiger partial charge is 0.472 e. The molecule has 17 nitrogen and oxygen atoms in total. The minimum absolute atomic E-state index is 0.107. The highest BCUT2D eigenvalue weighted by molar-refractivity contribution is 7.47. The van der Waals surface area contributed by atoms with Crippen molar-refractivity contribution in [3.05, 3.63) is 0 Å². The number of hydrogen-bond acceptors (Lipinski definition) is 15. The van der Waals surface area contributed by atoms with Crippen molar-refractivity contribution in [2.24, 2.45) is 11.8 Å². The van der Waals surface area contributed by atoms with Crippen LogP contribution in [0.4, 0.5) is 0 Å². The van der Waals surface area contributed by atoms with Gasteiger partial charge in [-0.3, -0.25) is 37.3 Å². The normalized spacial score (nSPS) is 13.9. The maximum Gasteiger partial charge on any atom is 0.472 e. The number of carbonyl (C=O) groups is 4. The lowest BCUT2D eigenvalue weighted by molar-refractivity contribution is -0.161. The van der Waals surface area contributed by atoms with Gasteiger partial charge in [-0.1, -0.05) is 375 Å². The molecule has 0 aromatic heterocycles. The van der Waals surface area contributed by atoms with Gasteiger partial charge in [0, 0.05) is 25.7 Å². The van der Waals surface area contributed by atoms with E-state index in [1.807, 2.05) is 0 Å². The molecule has 0 amide bonds. The van der Waals surface area contributed by atoms with Crippen LogP contribution in [0, 0.1) is 11.8 Å². The first-order valence-corrected chi connectivity index (χ1v) is 45.0. The molecule has 0 aliphatic carbocycles. The van der Waals surface area contributed by atoms with Crippen LogP contribution in [0.5, 0.6) is 0 Å². The molecule has 594 valence electrons. The molecule has 0 aliphatic heterocycles. The molecule has 100 heavy (non-hydrogen) atoms. The van der Waals surface area contributed by atoms with Crippen LogP contribution in [0.15, 0.2) is 0 Å². The summed E-state index contributed by atoms with van der Waals surface area (Å²) in [6, 6.07) is 0. The van der Waals surface area contributed by atoms with Crippen molar-refractivity contribution < 1.29 is 80.2 Å². The van der Waals surface area contributed by atoms with Crippen molar-refractivity contribution in [3.63, 3.8) is 0 Å². The predicted octanol–water partition coefficient (Wildman–Crippen LogP) is 24.3.